The van der Waals surface area contributed by atoms with Gasteiger partial charge in [0.2, 0.25) is 5.91 Å². The van der Waals surface area contributed by atoms with Crippen LogP contribution in [0.1, 0.15) is 23.6 Å². The summed E-state index contributed by atoms with van der Waals surface area (Å²) in [6.07, 6.45) is -3.08. The van der Waals surface area contributed by atoms with Gasteiger partial charge in [-0.05, 0) is 78.4 Å². The molecule has 1 aliphatic heterocycles. The Kier molecular flexibility index (Phi) is 9.21. The van der Waals surface area contributed by atoms with Crippen LogP contribution in [-0.4, -0.2) is 35.1 Å². The SMILES string of the molecule is CCOc1cc(/C=C2\SC(=O)N(CC(=O)Nc3cccc(C(F)(F)F)c3)C2=O)ccc1OCc1ccc(Br)cc1. The topological polar surface area (TPSA) is 84.9 Å². The van der Waals surface area contributed by atoms with Crippen molar-refractivity contribution in [1.29, 1.82) is 0 Å². The molecular formula is C28H22BrF3N2O5S. The van der Waals surface area contributed by atoms with Crippen molar-refractivity contribution in [2.75, 3.05) is 18.5 Å². The molecule has 208 valence electrons. The second-order valence-electron chi connectivity index (χ2n) is 8.45. The maximum absolute atomic E-state index is 12.9. The Labute approximate surface area is 240 Å². The summed E-state index contributed by atoms with van der Waals surface area (Å²) in [5.41, 5.74) is 0.489. The number of thioether (sulfide) groups is 1. The highest BCUT2D eigenvalue weighted by atomic mass is 79.9. The molecule has 0 spiro atoms. The molecule has 0 bridgehead atoms. The predicted octanol–water partition coefficient (Wildman–Crippen LogP) is 7.12. The van der Waals surface area contributed by atoms with Gasteiger partial charge in [0.25, 0.3) is 11.1 Å². The number of carbonyl (C=O) groups excluding carboxylic acids is 3. The highest BCUT2D eigenvalue weighted by Crippen LogP contribution is 2.35. The molecular weight excluding hydrogens is 613 g/mol. The maximum Gasteiger partial charge on any atom is 0.416 e. The molecule has 3 amide bonds. The number of amides is 3. The van der Waals surface area contributed by atoms with Gasteiger partial charge in [0, 0.05) is 10.2 Å². The molecule has 0 radical (unpaired) electrons. The number of ether oxygens (including phenoxy) is 2. The molecule has 7 nitrogen and oxygen atoms in total. The van der Waals surface area contributed by atoms with E-state index in [0.29, 0.717) is 42.0 Å². The number of hydrogen-bond acceptors (Lipinski definition) is 6. The zero-order valence-electron chi connectivity index (χ0n) is 21.0. The first kappa shape index (κ1) is 29.2. The van der Waals surface area contributed by atoms with Crippen molar-refractivity contribution in [1.82, 2.24) is 4.90 Å². The fraction of sp³-hybridized carbons (Fsp3) is 0.179. The molecule has 1 N–H and O–H groups in total. The maximum atomic E-state index is 12.9. The van der Waals surface area contributed by atoms with E-state index < -0.39 is 35.3 Å². The number of imide groups is 1. The lowest BCUT2D eigenvalue weighted by molar-refractivity contribution is -0.137. The average molecular weight is 635 g/mol. The summed E-state index contributed by atoms with van der Waals surface area (Å²) in [6, 6.07) is 16.8. The molecule has 4 rings (SSSR count). The zero-order chi connectivity index (χ0) is 28.9. The van der Waals surface area contributed by atoms with Crippen LogP contribution >= 0.6 is 27.7 Å². The highest BCUT2D eigenvalue weighted by molar-refractivity contribution is 9.10. The van der Waals surface area contributed by atoms with E-state index in [1.165, 1.54) is 12.1 Å². The molecule has 1 heterocycles. The number of alkyl halides is 3. The number of hydrogen-bond donors (Lipinski definition) is 1. The smallest absolute Gasteiger partial charge is 0.416 e. The molecule has 0 unspecified atom stereocenters. The lowest BCUT2D eigenvalue weighted by Gasteiger charge is -2.14. The van der Waals surface area contributed by atoms with Gasteiger partial charge in [-0.25, -0.2) is 0 Å². The van der Waals surface area contributed by atoms with Crippen molar-refractivity contribution in [3.05, 3.63) is 92.8 Å². The van der Waals surface area contributed by atoms with Crippen molar-refractivity contribution >= 4 is 56.5 Å². The van der Waals surface area contributed by atoms with E-state index in [1.807, 2.05) is 31.2 Å². The third-order valence-corrected chi connectivity index (χ3v) is 6.96. The minimum Gasteiger partial charge on any atom is -0.490 e. The van der Waals surface area contributed by atoms with E-state index >= 15 is 0 Å². The Bertz CT molecular complexity index is 1460. The third kappa shape index (κ3) is 7.45. The number of rotatable bonds is 9. The molecule has 1 aliphatic rings. The highest BCUT2D eigenvalue weighted by Gasteiger charge is 2.36. The van der Waals surface area contributed by atoms with Gasteiger partial charge in [0.1, 0.15) is 13.2 Å². The normalized spacial score (nSPS) is 14.5. The summed E-state index contributed by atoms with van der Waals surface area (Å²) in [5.74, 6) is -0.550. The molecule has 0 saturated carbocycles. The minimum absolute atomic E-state index is 0.0860. The molecule has 3 aromatic carbocycles. The van der Waals surface area contributed by atoms with Gasteiger partial charge in [-0.15, -0.1) is 0 Å². The van der Waals surface area contributed by atoms with Crippen molar-refractivity contribution < 1.29 is 37.0 Å². The largest absolute Gasteiger partial charge is 0.490 e. The third-order valence-electron chi connectivity index (χ3n) is 5.52. The van der Waals surface area contributed by atoms with E-state index in [4.69, 9.17) is 9.47 Å². The van der Waals surface area contributed by atoms with Gasteiger partial charge in [-0.3, -0.25) is 19.3 Å². The first-order valence-corrected chi connectivity index (χ1v) is 13.5. The Morgan fingerprint density at radius 2 is 1.77 bits per heavy atom. The lowest BCUT2D eigenvalue weighted by Crippen LogP contribution is -2.36. The Hall–Kier alpha value is -3.77. The van der Waals surface area contributed by atoms with Gasteiger partial charge in [-0.1, -0.05) is 40.2 Å². The number of halogens is 4. The number of benzene rings is 3. The van der Waals surface area contributed by atoms with Crippen LogP contribution in [0.15, 0.2) is 76.1 Å². The molecule has 0 aliphatic carbocycles. The average Bonchev–Trinajstić information content (AvgIpc) is 3.16. The predicted molar refractivity (Wildman–Crippen MR) is 149 cm³/mol. The van der Waals surface area contributed by atoms with Crippen LogP contribution in [0.3, 0.4) is 0 Å². The quantitative estimate of drug-likeness (QED) is 0.252. The zero-order valence-corrected chi connectivity index (χ0v) is 23.4. The molecule has 1 saturated heterocycles. The standard InChI is InChI=1S/C28H22BrF3N2O5S/c1-2-38-23-12-18(8-11-22(23)39-16-17-6-9-20(29)10-7-17)13-24-26(36)34(27(37)40-24)15-25(35)33-21-5-3-4-19(14-21)28(30,31)32/h3-14H,2,15-16H2,1H3,(H,33,35)/b24-13-. The number of nitrogens with zero attached hydrogens (tertiary/aromatic N) is 1. The van der Waals surface area contributed by atoms with Crippen molar-refractivity contribution in [2.24, 2.45) is 0 Å². The monoisotopic (exact) mass is 634 g/mol. The van der Waals surface area contributed by atoms with Crippen molar-refractivity contribution in [3.63, 3.8) is 0 Å². The Morgan fingerprint density at radius 1 is 1.02 bits per heavy atom. The number of nitrogens with one attached hydrogen (secondary N) is 1. The van der Waals surface area contributed by atoms with Gasteiger partial charge in [0.05, 0.1) is 17.1 Å². The van der Waals surface area contributed by atoms with E-state index in [1.54, 1.807) is 18.2 Å². The van der Waals surface area contributed by atoms with Crippen LogP contribution < -0.4 is 14.8 Å². The second kappa shape index (κ2) is 12.6. The Morgan fingerprint density at radius 3 is 2.48 bits per heavy atom. The van der Waals surface area contributed by atoms with E-state index in [-0.39, 0.29) is 10.6 Å². The molecule has 40 heavy (non-hydrogen) atoms. The van der Waals surface area contributed by atoms with Crippen molar-refractivity contribution in [3.8, 4) is 11.5 Å². The first-order valence-electron chi connectivity index (χ1n) is 11.9. The second-order valence-corrected chi connectivity index (χ2v) is 10.4. The number of carbonyl (C=O) groups is 3. The summed E-state index contributed by atoms with van der Waals surface area (Å²) in [7, 11) is 0. The lowest BCUT2D eigenvalue weighted by atomic mass is 10.1. The fourth-order valence-electron chi connectivity index (χ4n) is 3.65. The van der Waals surface area contributed by atoms with Crippen LogP contribution in [0, 0.1) is 0 Å². The van der Waals surface area contributed by atoms with E-state index in [2.05, 4.69) is 21.2 Å². The van der Waals surface area contributed by atoms with Crippen molar-refractivity contribution in [2.45, 2.75) is 19.7 Å². The van der Waals surface area contributed by atoms with Gasteiger partial charge >= 0.3 is 6.18 Å². The fourth-order valence-corrected chi connectivity index (χ4v) is 4.75. The summed E-state index contributed by atoms with van der Waals surface area (Å²) in [6.45, 7) is 1.86. The molecule has 3 aromatic rings. The summed E-state index contributed by atoms with van der Waals surface area (Å²) in [4.78, 5) is 38.6. The molecule has 12 heteroatoms. The summed E-state index contributed by atoms with van der Waals surface area (Å²) < 4.78 is 51.4. The van der Waals surface area contributed by atoms with Gasteiger partial charge in [-0.2, -0.15) is 13.2 Å². The first-order chi connectivity index (χ1) is 19.0. The molecule has 0 atom stereocenters. The summed E-state index contributed by atoms with van der Waals surface area (Å²) in [5, 5.41) is 1.62. The van der Waals surface area contributed by atoms with Crippen LogP contribution in [0.25, 0.3) is 6.08 Å². The minimum atomic E-state index is -4.58. The van der Waals surface area contributed by atoms with Gasteiger partial charge < -0.3 is 14.8 Å². The van der Waals surface area contributed by atoms with Gasteiger partial charge in [0.15, 0.2) is 11.5 Å². The van der Waals surface area contributed by atoms with E-state index in [0.717, 1.165) is 33.1 Å². The summed E-state index contributed by atoms with van der Waals surface area (Å²) >= 11 is 4.05. The Balaban J connectivity index is 1.43. The molecule has 1 fully saturated rings. The van der Waals surface area contributed by atoms with Crippen LogP contribution in [0.4, 0.5) is 23.7 Å². The van der Waals surface area contributed by atoms with Crippen LogP contribution in [0.2, 0.25) is 0 Å². The molecule has 0 aromatic heterocycles. The van der Waals surface area contributed by atoms with E-state index in [9.17, 15) is 27.6 Å². The number of anilines is 1. The van der Waals surface area contributed by atoms with Crippen LogP contribution in [0.5, 0.6) is 11.5 Å². The van der Waals surface area contributed by atoms with Crippen LogP contribution in [-0.2, 0) is 22.4 Å².